The summed E-state index contributed by atoms with van der Waals surface area (Å²) in [5, 5.41) is 50.7. The maximum atomic E-state index is 14.5. The molecule has 588 valence electrons. The van der Waals surface area contributed by atoms with Gasteiger partial charge in [-0.05, 0) is 122 Å². The molecule has 111 heavy (non-hydrogen) atoms. The van der Waals surface area contributed by atoms with Gasteiger partial charge in [0.2, 0.25) is 41.2 Å². The summed E-state index contributed by atoms with van der Waals surface area (Å²) in [5.74, 6) is -9.30. The first kappa shape index (κ1) is 86.4. The number of hydrogen-bond acceptors (Lipinski definition) is 19. The van der Waals surface area contributed by atoms with E-state index in [1.165, 1.54) is 65.9 Å². The van der Waals surface area contributed by atoms with Crippen molar-refractivity contribution in [1.29, 1.82) is 0 Å². The van der Waals surface area contributed by atoms with Crippen LogP contribution in [0.1, 0.15) is 107 Å². The number of thioether (sulfide) groups is 1. The third kappa shape index (κ3) is 25.4. The van der Waals surface area contributed by atoms with E-state index in [1.807, 2.05) is 18.2 Å². The van der Waals surface area contributed by atoms with Crippen molar-refractivity contribution >= 4 is 128 Å². The van der Waals surface area contributed by atoms with Gasteiger partial charge >= 0.3 is 11.9 Å². The number of halogens is 3. The number of rotatable bonds is 36. The summed E-state index contributed by atoms with van der Waals surface area (Å²) >= 11 is 21.1. The number of nitrogens with zero attached hydrogens (tertiary/aromatic N) is 3. The summed E-state index contributed by atoms with van der Waals surface area (Å²) in [6, 6.07) is 34.7. The maximum Gasteiger partial charge on any atom is 0.305 e. The Morgan fingerprint density at radius 1 is 0.532 bits per heavy atom. The van der Waals surface area contributed by atoms with Gasteiger partial charge in [0.05, 0.1) is 52.6 Å². The second-order valence-corrected chi connectivity index (χ2v) is 31.1. The van der Waals surface area contributed by atoms with Gasteiger partial charge in [-0.15, -0.1) is 23.1 Å². The normalized spacial score (nSPS) is 16.8. The van der Waals surface area contributed by atoms with Crippen LogP contribution in [-0.4, -0.2) is 173 Å². The molecule has 2 aliphatic heterocycles. The van der Waals surface area contributed by atoms with Crippen LogP contribution in [0.5, 0.6) is 23.0 Å². The van der Waals surface area contributed by atoms with E-state index in [0.29, 0.717) is 53.9 Å². The zero-order valence-corrected chi connectivity index (χ0v) is 65.6. The van der Waals surface area contributed by atoms with Crippen molar-refractivity contribution in [3.05, 3.63) is 195 Å². The van der Waals surface area contributed by atoms with Crippen LogP contribution in [0.3, 0.4) is 0 Å². The summed E-state index contributed by atoms with van der Waals surface area (Å²) in [4.78, 5) is 167. The summed E-state index contributed by atoms with van der Waals surface area (Å²) < 4.78 is 12.3. The fourth-order valence-corrected chi connectivity index (χ4v) is 15.8. The number of thiazole rings is 1. The van der Waals surface area contributed by atoms with E-state index in [0.717, 1.165) is 16.9 Å². The molecule has 0 unspecified atom stereocenters. The molecule has 9 rings (SSSR count). The van der Waals surface area contributed by atoms with Crippen LogP contribution in [0.25, 0.3) is 10.4 Å². The van der Waals surface area contributed by atoms with Crippen LogP contribution in [-0.2, 0) is 71.3 Å². The number of phenols is 2. The van der Waals surface area contributed by atoms with E-state index in [2.05, 4.69) is 26.3 Å². The predicted octanol–water partition coefficient (Wildman–Crippen LogP) is 10.8. The van der Waals surface area contributed by atoms with Crippen LogP contribution >= 0.6 is 57.9 Å². The first-order chi connectivity index (χ1) is 52.8. The number of carboxylic acids is 2. The highest BCUT2D eigenvalue weighted by atomic mass is 35.5. The number of ketones is 4. The Labute approximate surface area is 665 Å². The summed E-state index contributed by atoms with van der Waals surface area (Å²) in [6.07, 6.45) is -1.19. The van der Waals surface area contributed by atoms with Crippen molar-refractivity contribution in [2.24, 2.45) is 23.7 Å². The molecule has 2 fully saturated rings. The van der Waals surface area contributed by atoms with Gasteiger partial charge in [0.1, 0.15) is 77.0 Å². The number of para-hydroxylation sites is 2. The highest BCUT2D eigenvalue weighted by Crippen LogP contribution is 2.38. The van der Waals surface area contributed by atoms with Crippen LogP contribution < -0.4 is 30.7 Å². The van der Waals surface area contributed by atoms with Crippen LogP contribution in [0, 0.1) is 23.7 Å². The van der Waals surface area contributed by atoms with Gasteiger partial charge in [-0.3, -0.25) is 47.9 Å². The van der Waals surface area contributed by atoms with Gasteiger partial charge in [-0.25, -0.2) is 4.98 Å². The van der Waals surface area contributed by atoms with Crippen molar-refractivity contribution in [2.75, 3.05) is 18.8 Å². The second kappa shape index (κ2) is 41.2. The first-order valence-corrected chi connectivity index (χ1v) is 39.0. The number of aromatic hydroxyl groups is 2. The second-order valence-electron chi connectivity index (χ2n) is 27.9. The molecule has 3 heterocycles. The molecule has 7 aromatic rings. The van der Waals surface area contributed by atoms with Crippen molar-refractivity contribution < 1.29 is 87.4 Å². The third-order valence-corrected chi connectivity index (χ3v) is 21.4. The molecule has 2 aliphatic rings. The quantitative estimate of drug-likeness (QED) is 0.0169. The Kier molecular flexibility index (Phi) is 32.1. The third-order valence-electron chi connectivity index (χ3n) is 18.4. The largest absolute Gasteiger partial charge is 0.508 e. The fourth-order valence-electron chi connectivity index (χ4n) is 12.8. The Hall–Kier alpha value is -10.2. The van der Waals surface area contributed by atoms with Gasteiger partial charge in [-0.1, -0.05) is 147 Å². The number of Topliss-reactive ketones (excluding diaryl/α,β-unsaturated/α-hetero) is 4. The zero-order chi connectivity index (χ0) is 80.8. The minimum atomic E-state index is -1.56. The maximum absolute atomic E-state index is 14.5. The topological polar surface area (TPSA) is 372 Å². The molecule has 0 bridgehead atoms. The van der Waals surface area contributed by atoms with E-state index >= 15 is 0 Å². The summed E-state index contributed by atoms with van der Waals surface area (Å²) in [6.45, 7) is 9.59. The minimum absolute atomic E-state index is 0.0145. The van der Waals surface area contributed by atoms with E-state index in [1.54, 1.807) is 137 Å². The minimum Gasteiger partial charge on any atom is -0.508 e. The van der Waals surface area contributed by atoms with Gasteiger partial charge < -0.3 is 70.6 Å². The molecule has 6 aromatic carbocycles. The van der Waals surface area contributed by atoms with Crippen LogP contribution in [0.15, 0.2) is 158 Å². The summed E-state index contributed by atoms with van der Waals surface area (Å²) in [7, 11) is 0. The SMILES string of the molecule is CC(=O)C[C@@H](Cc1ccc(O)cc1)C(=O)N[C@H](C(=O)N1C[C@H](Oc2ccccc2)C[C@H]1C(=O)N[C@@H](CC(=O)O)C(=O)CSCc1ccccc1Cl)C(C)C.CC(=O)C[C@@H](Cc1ccc(O)cc1)C(=O)N[C@H](C(=O)N1C[C@H](Oc2ccccc2)C[C@H]1C(=O)N[C@@H](CC(=O)O)C(=O)c1ncc(-c2c(Cl)cccc2Cl)s1)C(C)C. The van der Waals surface area contributed by atoms with Crippen molar-refractivity contribution in [2.45, 2.75) is 147 Å². The number of aliphatic carboxylic acids is 2. The fraction of sp³-hybridized carbons (Fsp3) is 0.370. The lowest BCUT2D eigenvalue weighted by molar-refractivity contribution is -0.144. The zero-order valence-electron chi connectivity index (χ0n) is 61.7. The Balaban J connectivity index is 0.000000279. The Morgan fingerprint density at radius 3 is 1.37 bits per heavy atom. The molecule has 2 saturated heterocycles. The number of benzene rings is 6. The number of carboxylic acid groups (broad SMARTS) is 2. The van der Waals surface area contributed by atoms with E-state index in [-0.39, 0.29) is 85.4 Å². The molecule has 0 spiro atoms. The van der Waals surface area contributed by atoms with Gasteiger partial charge in [0.25, 0.3) is 0 Å². The highest BCUT2D eigenvalue weighted by molar-refractivity contribution is 7.99. The van der Waals surface area contributed by atoms with Crippen LogP contribution in [0.2, 0.25) is 15.1 Å². The molecule has 10 atom stereocenters. The number of nitrogens with one attached hydrogen (secondary N) is 4. The van der Waals surface area contributed by atoms with E-state index in [9.17, 15) is 78.0 Å². The lowest BCUT2D eigenvalue weighted by Crippen LogP contribution is -2.57. The molecule has 0 radical (unpaired) electrons. The molecule has 0 aliphatic carbocycles. The van der Waals surface area contributed by atoms with Gasteiger partial charge in [0, 0.05) is 60.1 Å². The molecule has 30 heteroatoms. The number of carbonyl (C=O) groups is 12. The molecular weight excluding hydrogens is 1530 g/mol. The van der Waals surface area contributed by atoms with Gasteiger partial charge in [0.15, 0.2) is 10.8 Å². The predicted molar refractivity (Wildman–Crippen MR) is 420 cm³/mol. The number of carbonyl (C=O) groups excluding carboxylic acids is 10. The number of amides is 6. The average molecular weight is 1620 g/mol. The number of hydrogen-bond donors (Lipinski definition) is 8. The number of likely N-dealkylation sites (tertiary alicyclic amines) is 2. The van der Waals surface area contributed by atoms with E-state index < -0.39 is 144 Å². The van der Waals surface area contributed by atoms with Crippen molar-refractivity contribution in [3.63, 3.8) is 0 Å². The highest BCUT2D eigenvalue weighted by Gasteiger charge is 2.47. The molecule has 1 aromatic heterocycles. The van der Waals surface area contributed by atoms with Crippen LogP contribution in [0.4, 0.5) is 0 Å². The van der Waals surface area contributed by atoms with Crippen molar-refractivity contribution in [1.82, 2.24) is 36.1 Å². The van der Waals surface area contributed by atoms with Gasteiger partial charge in [-0.2, -0.15) is 0 Å². The smallest absolute Gasteiger partial charge is 0.305 e. The average Bonchev–Trinajstić information content (AvgIpc) is 1.68. The number of ether oxygens (including phenoxy) is 2. The monoisotopic (exact) mass is 1620 g/mol. The lowest BCUT2D eigenvalue weighted by atomic mass is 9.92. The summed E-state index contributed by atoms with van der Waals surface area (Å²) in [5.41, 5.74) is 2.66. The molecule has 8 N–H and O–H groups in total. The molecule has 0 saturated carbocycles. The first-order valence-electron chi connectivity index (χ1n) is 35.8. The molecular formula is C81H88Cl3N7O18S2. The number of phenolic OH excluding ortho intramolecular Hbond substituents is 2. The Bertz CT molecular complexity index is 4440. The number of aromatic nitrogens is 1. The molecule has 25 nitrogen and oxygen atoms in total. The Morgan fingerprint density at radius 2 is 0.946 bits per heavy atom. The molecule has 6 amide bonds. The van der Waals surface area contributed by atoms with Crippen molar-refractivity contribution in [3.8, 4) is 33.4 Å². The lowest BCUT2D eigenvalue weighted by Gasteiger charge is -2.31. The standard InChI is InChI=1S/C41H42Cl2N4O9S.C40H46ClN3O9S/c1-22(2)36(46-38(53)25(16-23(3)48)17-24-12-14-26(49)15-13-24)41(55)47-21-28(56-27-8-5-4-6-9-27)18-32(47)39(54)45-31(19-34(50)51)37(52)40-44-20-33(57-40)35-29(42)10-7-11-30(35)43;1-24(2)37(43-38(50)28(17-25(3)45)18-26-13-15-29(46)16-14-26)40(52)44-21-31(53-30-10-5-4-6-11-30)19-34(44)39(51)42-33(20-36(48)49)35(47)23-54-22-27-9-7-8-12-32(27)41/h4-15,20,22,25,28,31-32,36,49H,16-19,21H2,1-3H3,(H,45,54)(H,46,53)(H,50,51);4-16,24,28,31,33-34,37,46H,17-23H2,1-3H3,(H,42,51)(H,43,50)(H,48,49)/t25-,28+,31-,32-,36-;28-,31+,33-,34-,37-/m00/s1. The van der Waals surface area contributed by atoms with E-state index in [4.69, 9.17) is 44.3 Å².